The average Bonchev–Trinajstić information content (AvgIpc) is 2.76. The molecule has 2 nitrogen and oxygen atoms in total. The fourth-order valence-electron chi connectivity index (χ4n) is 4.90. The quantitative estimate of drug-likeness (QED) is 0.109. The molecule has 196 valence electrons. The first-order valence-electron chi connectivity index (χ1n) is 14.6. The number of aliphatic hydroxyl groups excluding tert-OH is 1. The maximum atomic E-state index is 9.19. The van der Waals surface area contributed by atoms with Crippen molar-refractivity contribution >= 4 is 0 Å². The second-order valence-corrected chi connectivity index (χ2v) is 10.6. The molecular formula is C29H62BrNO. The molecule has 0 aliphatic carbocycles. The zero-order chi connectivity index (χ0) is 22.9. The molecule has 0 aliphatic rings. The van der Waals surface area contributed by atoms with Gasteiger partial charge in [0, 0.05) is 6.61 Å². The van der Waals surface area contributed by atoms with E-state index in [1.807, 2.05) is 0 Å². The van der Waals surface area contributed by atoms with Gasteiger partial charge < -0.3 is 26.6 Å². The fourth-order valence-corrected chi connectivity index (χ4v) is 4.90. The Morgan fingerprint density at radius 2 is 0.656 bits per heavy atom. The molecular weight excluding hydrogens is 458 g/mol. The highest BCUT2D eigenvalue weighted by molar-refractivity contribution is 4.51. The SMILES string of the molecule is CCCCCCCCCCCC[N+](C)(CCCCO)CCCCCCCCCCCC.[Br-]. The van der Waals surface area contributed by atoms with E-state index < -0.39 is 0 Å². The molecule has 0 aromatic heterocycles. The van der Waals surface area contributed by atoms with Gasteiger partial charge in [-0.15, -0.1) is 0 Å². The minimum atomic E-state index is 0. The minimum Gasteiger partial charge on any atom is -1.00 e. The average molecular weight is 521 g/mol. The smallest absolute Gasteiger partial charge is 0.0785 e. The number of hydrogen-bond donors (Lipinski definition) is 1. The minimum absolute atomic E-state index is 0. The van der Waals surface area contributed by atoms with E-state index in [9.17, 15) is 5.11 Å². The highest BCUT2D eigenvalue weighted by Gasteiger charge is 2.20. The molecule has 0 saturated heterocycles. The normalized spacial score (nSPS) is 11.6. The third-order valence-corrected chi connectivity index (χ3v) is 7.21. The Balaban J connectivity index is 0. The third-order valence-electron chi connectivity index (χ3n) is 7.21. The highest BCUT2D eigenvalue weighted by Crippen LogP contribution is 2.16. The maximum absolute atomic E-state index is 9.19. The van der Waals surface area contributed by atoms with Crippen molar-refractivity contribution in [2.24, 2.45) is 0 Å². The summed E-state index contributed by atoms with van der Waals surface area (Å²) in [5, 5.41) is 9.19. The molecule has 0 bridgehead atoms. The second kappa shape index (κ2) is 27.6. The Bertz CT molecular complexity index is 313. The van der Waals surface area contributed by atoms with Crippen molar-refractivity contribution in [3.05, 3.63) is 0 Å². The van der Waals surface area contributed by atoms with E-state index in [1.54, 1.807) is 0 Å². The zero-order valence-electron chi connectivity index (χ0n) is 22.7. The Kier molecular flexibility index (Phi) is 29.9. The number of unbranched alkanes of at least 4 members (excludes halogenated alkanes) is 19. The van der Waals surface area contributed by atoms with E-state index in [0.717, 1.165) is 6.42 Å². The first-order valence-corrected chi connectivity index (χ1v) is 14.6. The van der Waals surface area contributed by atoms with Gasteiger partial charge in [-0.2, -0.15) is 0 Å². The number of rotatable bonds is 26. The zero-order valence-corrected chi connectivity index (χ0v) is 24.2. The van der Waals surface area contributed by atoms with Crippen LogP contribution in [0, 0.1) is 0 Å². The molecule has 0 saturated carbocycles. The van der Waals surface area contributed by atoms with Gasteiger partial charge in [-0.3, -0.25) is 0 Å². The first kappa shape index (κ1) is 34.6. The van der Waals surface area contributed by atoms with Gasteiger partial charge in [0.25, 0.3) is 0 Å². The molecule has 0 aromatic carbocycles. The molecule has 0 rings (SSSR count). The molecule has 32 heavy (non-hydrogen) atoms. The van der Waals surface area contributed by atoms with Crippen LogP contribution in [0.1, 0.15) is 155 Å². The van der Waals surface area contributed by atoms with Crippen LogP contribution in [-0.4, -0.2) is 42.9 Å². The lowest BCUT2D eigenvalue weighted by Crippen LogP contribution is -3.00. The van der Waals surface area contributed by atoms with Crippen molar-refractivity contribution in [3.63, 3.8) is 0 Å². The Morgan fingerprint density at radius 3 is 0.938 bits per heavy atom. The van der Waals surface area contributed by atoms with Gasteiger partial charge in [0.1, 0.15) is 0 Å². The van der Waals surface area contributed by atoms with Crippen LogP contribution in [0.2, 0.25) is 0 Å². The van der Waals surface area contributed by atoms with Crippen LogP contribution < -0.4 is 17.0 Å². The van der Waals surface area contributed by atoms with Crippen molar-refractivity contribution in [2.45, 2.75) is 155 Å². The number of quaternary nitrogens is 1. The molecule has 0 unspecified atom stereocenters. The lowest BCUT2D eigenvalue weighted by Gasteiger charge is -2.35. The maximum Gasteiger partial charge on any atom is 0.0785 e. The van der Waals surface area contributed by atoms with Gasteiger partial charge in [0.2, 0.25) is 0 Å². The van der Waals surface area contributed by atoms with Crippen LogP contribution in [0.5, 0.6) is 0 Å². The van der Waals surface area contributed by atoms with Gasteiger partial charge in [-0.1, -0.05) is 117 Å². The van der Waals surface area contributed by atoms with Crippen molar-refractivity contribution in [1.29, 1.82) is 0 Å². The molecule has 0 spiro atoms. The topological polar surface area (TPSA) is 20.2 Å². The molecule has 3 heteroatoms. The molecule has 0 heterocycles. The van der Waals surface area contributed by atoms with Crippen molar-refractivity contribution in [1.82, 2.24) is 0 Å². The Labute approximate surface area is 214 Å². The van der Waals surface area contributed by atoms with Gasteiger partial charge >= 0.3 is 0 Å². The van der Waals surface area contributed by atoms with Gasteiger partial charge in [0.05, 0.1) is 26.7 Å². The standard InChI is InChI=1S/C29H62NO.BrH/c1-4-6-8-10-12-14-16-18-20-22-26-30(3,28-24-25-29-31)27-23-21-19-17-15-13-11-9-7-5-2;/h31H,4-29H2,1-3H3;1H/q+1;/p-1. The molecule has 0 aliphatic heterocycles. The summed E-state index contributed by atoms with van der Waals surface area (Å²) in [5.74, 6) is 0. The van der Waals surface area contributed by atoms with Gasteiger partial charge in [0.15, 0.2) is 0 Å². The third kappa shape index (κ3) is 25.0. The summed E-state index contributed by atoms with van der Waals surface area (Å²) in [6.07, 6.45) is 30.7. The van der Waals surface area contributed by atoms with Crippen LogP contribution in [0.25, 0.3) is 0 Å². The number of halogens is 1. The molecule has 0 atom stereocenters. The summed E-state index contributed by atoms with van der Waals surface area (Å²) >= 11 is 0. The van der Waals surface area contributed by atoms with Crippen molar-refractivity contribution in [2.75, 3.05) is 33.3 Å². The highest BCUT2D eigenvalue weighted by atomic mass is 79.9. The lowest BCUT2D eigenvalue weighted by atomic mass is 10.1. The molecule has 0 radical (unpaired) electrons. The largest absolute Gasteiger partial charge is 1.00 e. The van der Waals surface area contributed by atoms with E-state index >= 15 is 0 Å². The van der Waals surface area contributed by atoms with Crippen molar-refractivity contribution < 1.29 is 26.6 Å². The van der Waals surface area contributed by atoms with Crippen LogP contribution in [0.15, 0.2) is 0 Å². The summed E-state index contributed by atoms with van der Waals surface area (Å²) < 4.78 is 1.24. The summed E-state index contributed by atoms with van der Waals surface area (Å²) in [4.78, 5) is 0. The summed E-state index contributed by atoms with van der Waals surface area (Å²) in [5.41, 5.74) is 0. The van der Waals surface area contributed by atoms with Crippen molar-refractivity contribution in [3.8, 4) is 0 Å². The van der Waals surface area contributed by atoms with Crippen LogP contribution in [-0.2, 0) is 0 Å². The van der Waals surface area contributed by atoms with E-state index in [0.29, 0.717) is 6.61 Å². The van der Waals surface area contributed by atoms with Crippen LogP contribution in [0.3, 0.4) is 0 Å². The van der Waals surface area contributed by atoms with E-state index in [1.165, 1.54) is 159 Å². The predicted octanol–water partition coefficient (Wildman–Crippen LogP) is 6.05. The molecule has 0 fully saturated rings. The number of hydrogen-bond acceptors (Lipinski definition) is 1. The fraction of sp³-hybridized carbons (Fsp3) is 1.00. The molecule has 0 amide bonds. The van der Waals surface area contributed by atoms with Crippen LogP contribution >= 0.6 is 0 Å². The summed E-state index contributed by atoms with van der Waals surface area (Å²) in [6, 6.07) is 0. The Morgan fingerprint density at radius 1 is 0.406 bits per heavy atom. The Hall–Kier alpha value is 0.400. The van der Waals surface area contributed by atoms with E-state index in [2.05, 4.69) is 20.9 Å². The van der Waals surface area contributed by atoms with E-state index in [-0.39, 0.29) is 17.0 Å². The molecule has 1 N–H and O–H groups in total. The molecule has 0 aromatic rings. The lowest BCUT2D eigenvalue weighted by molar-refractivity contribution is -0.910. The number of nitrogens with zero attached hydrogens (tertiary/aromatic N) is 1. The summed E-state index contributed by atoms with van der Waals surface area (Å²) in [7, 11) is 2.48. The van der Waals surface area contributed by atoms with Gasteiger partial charge in [-0.25, -0.2) is 0 Å². The van der Waals surface area contributed by atoms with Crippen LogP contribution in [0.4, 0.5) is 0 Å². The predicted molar refractivity (Wildman–Crippen MR) is 141 cm³/mol. The van der Waals surface area contributed by atoms with Gasteiger partial charge in [-0.05, 0) is 38.5 Å². The number of aliphatic hydroxyl groups is 1. The first-order chi connectivity index (χ1) is 15.2. The summed E-state index contributed by atoms with van der Waals surface area (Å²) in [6.45, 7) is 8.91. The second-order valence-electron chi connectivity index (χ2n) is 10.6. The monoisotopic (exact) mass is 519 g/mol. The van der Waals surface area contributed by atoms with E-state index in [4.69, 9.17) is 0 Å².